The Morgan fingerprint density at radius 1 is 0.130 bits per heavy atom. The van der Waals surface area contributed by atoms with E-state index in [9.17, 15) is 0 Å². The van der Waals surface area contributed by atoms with E-state index in [0.29, 0.717) is 0 Å². The topological polar surface area (TPSA) is 70.0 Å². The van der Waals surface area contributed by atoms with Gasteiger partial charge in [0, 0.05) is 0 Å². The van der Waals surface area contributed by atoms with E-state index in [2.05, 4.69) is 69.2 Å². The molecular formula is C44H104N2. The molecule has 0 fully saturated rings. The second kappa shape index (κ2) is 75.3. The lowest BCUT2D eigenvalue weighted by Gasteiger charge is -1.97. The maximum Gasteiger partial charge on any atom is -0.0533 e. The highest BCUT2D eigenvalue weighted by molar-refractivity contribution is 4.45. The van der Waals surface area contributed by atoms with Crippen molar-refractivity contribution in [2.45, 2.75) is 288 Å². The zero-order chi connectivity index (χ0) is 34.0. The molecule has 0 amide bonds. The molecule has 0 heterocycles. The van der Waals surface area contributed by atoms with Crippen LogP contribution in [0, 0.1) is 0 Å². The van der Waals surface area contributed by atoms with Crippen LogP contribution in [0.25, 0.3) is 0 Å². The number of rotatable bonds is 29. The molecule has 0 aliphatic rings. The Morgan fingerprint density at radius 2 is 0.217 bits per heavy atom. The Hall–Kier alpha value is -0.0800. The molecule has 0 unspecified atom stereocenters. The SMILES string of the molecule is CCCC.CCCCCCCCCC.CCCCCCCCCC.CCCCCCCCCC.CCCCCCCCCC.N.N. The molecule has 2 heteroatoms. The molecular weight excluding hydrogens is 556 g/mol. The Kier molecular flexibility index (Phi) is 100. The molecule has 0 bridgehead atoms. The lowest BCUT2D eigenvalue weighted by Crippen LogP contribution is -1.77. The molecule has 0 aliphatic heterocycles. The summed E-state index contributed by atoms with van der Waals surface area (Å²) in [7, 11) is 0. The minimum Gasteiger partial charge on any atom is -0.344 e. The molecule has 0 aromatic heterocycles. The predicted octanol–water partition coefficient (Wildman–Crippen LogP) is 18.7. The van der Waals surface area contributed by atoms with Crippen molar-refractivity contribution in [2.75, 3.05) is 0 Å². The minimum absolute atomic E-state index is 0. The molecule has 0 aliphatic carbocycles. The van der Waals surface area contributed by atoms with Gasteiger partial charge in [-0.15, -0.1) is 0 Å². The second-order valence-corrected chi connectivity index (χ2v) is 13.5. The van der Waals surface area contributed by atoms with Gasteiger partial charge < -0.3 is 12.3 Å². The highest BCUT2D eigenvalue weighted by Crippen LogP contribution is 2.10. The van der Waals surface area contributed by atoms with Crippen LogP contribution in [0.4, 0.5) is 0 Å². The first-order valence-electron chi connectivity index (χ1n) is 21.6. The van der Waals surface area contributed by atoms with Gasteiger partial charge in [0.1, 0.15) is 0 Å². The highest BCUT2D eigenvalue weighted by atomic mass is 14.0. The van der Waals surface area contributed by atoms with E-state index in [-0.39, 0.29) is 12.3 Å². The van der Waals surface area contributed by atoms with E-state index in [1.807, 2.05) is 0 Å². The minimum atomic E-state index is 0. The van der Waals surface area contributed by atoms with E-state index >= 15 is 0 Å². The average molecular weight is 661 g/mol. The Labute approximate surface area is 299 Å². The molecule has 0 aromatic carbocycles. The fourth-order valence-corrected chi connectivity index (χ4v) is 4.83. The number of unbranched alkanes of at least 4 members (excludes halogenated alkanes) is 29. The van der Waals surface area contributed by atoms with Gasteiger partial charge in [-0.2, -0.15) is 0 Å². The quantitative estimate of drug-likeness (QED) is 0.0784. The number of hydrogen-bond donors (Lipinski definition) is 2. The van der Waals surface area contributed by atoms with Crippen molar-refractivity contribution in [3.8, 4) is 0 Å². The molecule has 0 rings (SSSR count). The summed E-state index contributed by atoms with van der Waals surface area (Å²) < 4.78 is 0. The summed E-state index contributed by atoms with van der Waals surface area (Å²) in [4.78, 5) is 0. The van der Waals surface area contributed by atoms with Crippen molar-refractivity contribution in [3.05, 3.63) is 0 Å². The third kappa shape index (κ3) is 96.7. The summed E-state index contributed by atoms with van der Waals surface area (Å²) in [6, 6.07) is 0. The molecule has 0 saturated heterocycles. The zero-order valence-electron chi connectivity index (χ0n) is 35.5. The third-order valence-electron chi connectivity index (χ3n) is 8.33. The first-order valence-corrected chi connectivity index (χ1v) is 21.6. The van der Waals surface area contributed by atoms with Crippen molar-refractivity contribution < 1.29 is 0 Å². The van der Waals surface area contributed by atoms with Crippen molar-refractivity contribution in [2.24, 2.45) is 0 Å². The van der Waals surface area contributed by atoms with Gasteiger partial charge in [0.15, 0.2) is 0 Å². The van der Waals surface area contributed by atoms with Gasteiger partial charge in [-0.1, -0.05) is 288 Å². The molecule has 0 aromatic rings. The summed E-state index contributed by atoms with van der Waals surface area (Å²) in [6.45, 7) is 22.5. The fourth-order valence-electron chi connectivity index (χ4n) is 4.83. The van der Waals surface area contributed by atoms with E-state index in [4.69, 9.17) is 0 Å². The van der Waals surface area contributed by atoms with Gasteiger partial charge in [-0.05, 0) is 0 Å². The molecule has 0 radical (unpaired) electrons. The summed E-state index contributed by atoms with van der Waals surface area (Å²) >= 11 is 0. The van der Waals surface area contributed by atoms with E-state index in [0.717, 1.165) is 0 Å². The van der Waals surface area contributed by atoms with Crippen molar-refractivity contribution >= 4 is 0 Å². The van der Waals surface area contributed by atoms with Crippen LogP contribution in [0.1, 0.15) is 288 Å². The maximum atomic E-state index is 2.27. The van der Waals surface area contributed by atoms with Crippen LogP contribution in [0.5, 0.6) is 0 Å². The highest BCUT2D eigenvalue weighted by Gasteiger charge is 1.90. The van der Waals surface area contributed by atoms with Gasteiger partial charge in [0.25, 0.3) is 0 Å². The molecule has 6 N–H and O–H groups in total. The van der Waals surface area contributed by atoms with Gasteiger partial charge >= 0.3 is 0 Å². The number of hydrogen-bond acceptors (Lipinski definition) is 2. The standard InChI is InChI=1S/4C10H22.C4H10.2H3N/c4*1-3-5-7-9-10-8-6-4-2;1-3-4-2;;/h4*3-10H2,1-2H3;3-4H2,1-2H3;2*1H3. The molecule has 0 spiro atoms. The Bertz CT molecular complexity index is 260. The third-order valence-corrected chi connectivity index (χ3v) is 8.33. The van der Waals surface area contributed by atoms with Crippen molar-refractivity contribution in [1.82, 2.24) is 12.3 Å². The van der Waals surface area contributed by atoms with E-state index < -0.39 is 0 Å². The van der Waals surface area contributed by atoms with Crippen molar-refractivity contribution in [3.63, 3.8) is 0 Å². The van der Waals surface area contributed by atoms with E-state index in [1.54, 1.807) is 0 Å². The summed E-state index contributed by atoms with van der Waals surface area (Å²) in [6.07, 6.45) is 48.5. The van der Waals surface area contributed by atoms with Gasteiger partial charge in [0.2, 0.25) is 0 Å². The summed E-state index contributed by atoms with van der Waals surface area (Å²) in [5.41, 5.74) is 0. The van der Waals surface area contributed by atoms with Crippen LogP contribution in [-0.2, 0) is 0 Å². The Morgan fingerprint density at radius 3 is 0.283 bits per heavy atom. The second-order valence-electron chi connectivity index (χ2n) is 13.5. The molecule has 290 valence electrons. The molecule has 0 saturated carbocycles. The first-order chi connectivity index (χ1) is 21.6. The normalized spacial score (nSPS) is 9.52. The van der Waals surface area contributed by atoms with Crippen LogP contribution in [-0.4, -0.2) is 0 Å². The van der Waals surface area contributed by atoms with Crippen LogP contribution < -0.4 is 12.3 Å². The first kappa shape index (κ1) is 61.2. The molecule has 2 nitrogen and oxygen atoms in total. The average Bonchev–Trinajstić information content (AvgIpc) is 3.05. The van der Waals surface area contributed by atoms with Gasteiger partial charge in [0.05, 0.1) is 0 Å². The largest absolute Gasteiger partial charge is 0.344 e. The molecule has 0 atom stereocenters. The molecule has 46 heavy (non-hydrogen) atoms. The smallest absolute Gasteiger partial charge is 0.0533 e. The zero-order valence-corrected chi connectivity index (χ0v) is 35.5. The summed E-state index contributed by atoms with van der Waals surface area (Å²) in [5, 5.41) is 0. The predicted molar refractivity (Wildman–Crippen MR) is 224 cm³/mol. The lowest BCUT2D eigenvalue weighted by atomic mass is 10.1. The van der Waals surface area contributed by atoms with Crippen LogP contribution in [0.2, 0.25) is 0 Å². The van der Waals surface area contributed by atoms with Gasteiger partial charge in [-0.3, -0.25) is 0 Å². The Balaban J connectivity index is -0.0000000836. The fraction of sp³-hybridized carbons (Fsp3) is 1.00. The maximum absolute atomic E-state index is 2.27. The van der Waals surface area contributed by atoms with Crippen LogP contribution in [0.3, 0.4) is 0 Å². The van der Waals surface area contributed by atoms with Crippen molar-refractivity contribution in [1.29, 1.82) is 0 Å². The summed E-state index contributed by atoms with van der Waals surface area (Å²) in [5.74, 6) is 0. The van der Waals surface area contributed by atoms with Crippen LogP contribution >= 0.6 is 0 Å². The lowest BCUT2D eigenvalue weighted by molar-refractivity contribution is 0.585. The monoisotopic (exact) mass is 661 g/mol. The van der Waals surface area contributed by atoms with Crippen LogP contribution in [0.15, 0.2) is 0 Å². The van der Waals surface area contributed by atoms with Gasteiger partial charge in [-0.25, -0.2) is 0 Å². The van der Waals surface area contributed by atoms with E-state index in [1.165, 1.54) is 218 Å².